The van der Waals surface area contributed by atoms with Crippen LogP contribution in [0.2, 0.25) is 0 Å². The molecule has 5 rings (SSSR count). The number of ether oxygens (including phenoxy) is 2. The maximum atomic E-state index is 11.6. The molecule has 1 fully saturated rings. The smallest absolute Gasteiger partial charge is 0.306 e. The summed E-state index contributed by atoms with van der Waals surface area (Å²) in [6.45, 7) is 1.72. The van der Waals surface area contributed by atoms with Crippen LogP contribution in [0.1, 0.15) is 48.7 Å². The Morgan fingerprint density at radius 2 is 2.09 bits per heavy atom. The molecule has 0 atom stereocenters. The predicted molar refractivity (Wildman–Crippen MR) is 125 cm³/mol. The molecule has 0 spiro atoms. The molecule has 0 bridgehead atoms. The maximum Gasteiger partial charge on any atom is 0.306 e. The van der Waals surface area contributed by atoms with Crippen LogP contribution in [0.3, 0.4) is 0 Å². The Hall–Kier alpha value is -3.60. The number of rotatable bonds is 5. The van der Waals surface area contributed by atoms with Crippen LogP contribution in [-0.4, -0.2) is 50.7 Å². The lowest BCUT2D eigenvalue weighted by atomic mass is 9.82. The Balaban J connectivity index is 1.54. The highest BCUT2D eigenvalue weighted by Gasteiger charge is 2.43. The molecule has 2 aromatic rings. The Labute approximate surface area is 199 Å². The quantitative estimate of drug-likeness (QED) is 0.627. The Morgan fingerprint density at radius 3 is 2.74 bits per heavy atom. The Kier molecular flexibility index (Phi) is 5.86. The monoisotopic (exact) mass is 482 g/mol. The van der Waals surface area contributed by atoms with Crippen LogP contribution in [0.5, 0.6) is 5.88 Å². The van der Waals surface area contributed by atoms with Crippen molar-refractivity contribution >= 4 is 46.0 Å². The van der Waals surface area contributed by atoms with Gasteiger partial charge in [-0.05, 0) is 36.4 Å². The standard InChI is InChI=1S/C23H23N5O5S/c1-12(29)25-23-26-16-11-33-20-18(15-7-8-17(32-2)24-9-15)27-28(19(20)21(16)34-23)10-13-3-5-14(6-4-13)22(30)31/h7-10,13-14H,3-6,11H2,1-2H3,(H-,25,26,27,29,30,31)/p+1. The van der Waals surface area contributed by atoms with Crippen molar-refractivity contribution in [2.45, 2.75) is 39.2 Å². The van der Waals surface area contributed by atoms with Gasteiger partial charge in [-0.25, -0.2) is 9.97 Å². The number of carboxylic acids is 1. The van der Waals surface area contributed by atoms with E-state index >= 15 is 0 Å². The molecule has 10 nitrogen and oxygen atoms in total. The van der Waals surface area contributed by atoms with Gasteiger partial charge in [0, 0.05) is 35.8 Å². The van der Waals surface area contributed by atoms with Gasteiger partial charge in [-0.2, -0.15) is 0 Å². The highest BCUT2D eigenvalue weighted by Crippen LogP contribution is 2.41. The zero-order valence-electron chi connectivity index (χ0n) is 18.8. The highest BCUT2D eigenvalue weighted by atomic mass is 32.1. The number of aliphatic carboxylic acids is 1. The Morgan fingerprint density at radius 1 is 1.29 bits per heavy atom. The minimum Gasteiger partial charge on any atom is -0.481 e. The average molecular weight is 483 g/mol. The van der Waals surface area contributed by atoms with Crippen molar-refractivity contribution in [3.63, 3.8) is 0 Å². The molecule has 0 saturated heterocycles. The molecule has 1 amide bonds. The van der Waals surface area contributed by atoms with Crippen molar-refractivity contribution in [1.82, 2.24) is 9.97 Å². The van der Waals surface area contributed by atoms with Gasteiger partial charge in [0.05, 0.1) is 13.0 Å². The largest absolute Gasteiger partial charge is 0.481 e. The molecule has 34 heavy (non-hydrogen) atoms. The molecule has 3 aliphatic rings. The van der Waals surface area contributed by atoms with Gasteiger partial charge in [0.15, 0.2) is 17.1 Å². The maximum absolute atomic E-state index is 11.6. The number of anilines is 1. The average Bonchev–Trinajstić information content (AvgIpc) is 3.39. The summed E-state index contributed by atoms with van der Waals surface area (Å²) < 4.78 is 13.1. The first kappa shape index (κ1) is 22.2. The van der Waals surface area contributed by atoms with Crippen molar-refractivity contribution in [1.29, 1.82) is 0 Å². The van der Waals surface area contributed by atoms with Crippen LogP contribution < -0.4 is 10.1 Å². The van der Waals surface area contributed by atoms with Gasteiger partial charge in [-0.15, -0.1) is 0 Å². The molecule has 1 aliphatic carbocycles. The second-order valence-corrected chi connectivity index (χ2v) is 9.42. The number of amides is 1. The lowest BCUT2D eigenvalue weighted by molar-refractivity contribution is -0.431. The molecule has 4 heterocycles. The number of fused-ring (bicyclic) bond motifs is 2. The van der Waals surface area contributed by atoms with Crippen LogP contribution in [0.4, 0.5) is 5.13 Å². The fourth-order valence-electron chi connectivity index (χ4n) is 4.40. The van der Waals surface area contributed by atoms with E-state index in [9.17, 15) is 14.7 Å². The highest BCUT2D eigenvalue weighted by molar-refractivity contribution is 7.16. The minimum absolute atomic E-state index is 0.188. The number of methoxy groups -OCH3 is 1. The SMILES string of the molecule is COc1ccc(C2=N[N+](=CC3CCC(C(=O)O)CC3)C3=C2OCc2nc(NC(C)=O)sc23)cn1. The lowest BCUT2D eigenvalue weighted by Gasteiger charge is -2.21. The summed E-state index contributed by atoms with van der Waals surface area (Å²) in [7, 11) is 1.56. The molecule has 176 valence electrons. The molecule has 2 aliphatic heterocycles. The van der Waals surface area contributed by atoms with E-state index in [0.29, 0.717) is 35.3 Å². The first-order valence-electron chi connectivity index (χ1n) is 11.0. The van der Waals surface area contributed by atoms with Crippen molar-refractivity contribution in [3.05, 3.63) is 40.2 Å². The number of aromatic nitrogens is 2. The van der Waals surface area contributed by atoms with E-state index in [1.807, 2.05) is 17.0 Å². The Bertz CT molecular complexity index is 1240. The van der Waals surface area contributed by atoms with E-state index < -0.39 is 5.97 Å². The second-order valence-electron chi connectivity index (χ2n) is 8.42. The van der Waals surface area contributed by atoms with Gasteiger partial charge in [-0.3, -0.25) is 9.59 Å². The topological polar surface area (TPSA) is 126 Å². The number of carbonyl (C=O) groups excluding carboxylic acids is 1. The molecule has 1 saturated carbocycles. The lowest BCUT2D eigenvalue weighted by Crippen LogP contribution is -2.23. The van der Waals surface area contributed by atoms with E-state index in [0.717, 1.165) is 34.7 Å². The first-order chi connectivity index (χ1) is 16.4. The molecule has 11 heteroatoms. The van der Waals surface area contributed by atoms with Crippen molar-refractivity contribution in [2.75, 3.05) is 12.4 Å². The number of nitrogens with one attached hydrogen (secondary N) is 1. The number of nitrogens with zero attached hydrogens (tertiary/aromatic N) is 4. The van der Waals surface area contributed by atoms with Gasteiger partial charge in [0.1, 0.15) is 17.2 Å². The van der Waals surface area contributed by atoms with Gasteiger partial charge < -0.3 is 19.9 Å². The number of allylic oxidation sites excluding steroid dienone is 1. The van der Waals surface area contributed by atoms with Gasteiger partial charge in [0.2, 0.25) is 17.5 Å². The van der Waals surface area contributed by atoms with Crippen LogP contribution in [0.25, 0.3) is 5.70 Å². The number of thiazole rings is 1. The molecule has 0 aromatic carbocycles. The number of hydrogen-bond acceptors (Lipinski definition) is 8. The normalized spacial score (nSPS) is 22.5. The van der Waals surface area contributed by atoms with E-state index in [-0.39, 0.29) is 24.3 Å². The molecule has 0 radical (unpaired) electrons. The first-order valence-corrected chi connectivity index (χ1v) is 11.9. The molecule has 0 unspecified atom stereocenters. The zero-order chi connectivity index (χ0) is 23.8. The summed E-state index contributed by atoms with van der Waals surface area (Å²) in [4.78, 5) is 32.6. The third kappa shape index (κ3) is 4.18. The number of carboxylic acid groups (broad SMARTS) is 1. The van der Waals surface area contributed by atoms with Gasteiger partial charge in [0.25, 0.3) is 0 Å². The summed E-state index contributed by atoms with van der Waals surface area (Å²) in [6, 6.07) is 3.65. The van der Waals surface area contributed by atoms with Crippen LogP contribution >= 0.6 is 11.3 Å². The van der Waals surface area contributed by atoms with E-state index in [4.69, 9.17) is 14.6 Å². The van der Waals surface area contributed by atoms with Crippen molar-refractivity contribution < 1.29 is 28.9 Å². The minimum atomic E-state index is -0.725. The second kappa shape index (κ2) is 8.98. The molecular formula is C23H24N5O5S+. The summed E-state index contributed by atoms with van der Waals surface area (Å²) >= 11 is 1.38. The fourth-order valence-corrected chi connectivity index (χ4v) is 5.44. The molecule has 2 N–H and O–H groups in total. The fraction of sp³-hybridized carbons (Fsp3) is 0.391. The molecule has 2 aromatic heterocycles. The van der Waals surface area contributed by atoms with E-state index in [2.05, 4.69) is 15.3 Å². The zero-order valence-corrected chi connectivity index (χ0v) is 19.6. The summed E-state index contributed by atoms with van der Waals surface area (Å²) in [5, 5.41) is 17.4. The van der Waals surface area contributed by atoms with Crippen LogP contribution in [0, 0.1) is 11.8 Å². The number of carbonyl (C=O) groups is 2. The van der Waals surface area contributed by atoms with Crippen LogP contribution in [0.15, 0.2) is 29.2 Å². The predicted octanol–water partition coefficient (Wildman–Crippen LogP) is 3.10. The van der Waals surface area contributed by atoms with Gasteiger partial charge in [-0.1, -0.05) is 11.3 Å². The number of pyridine rings is 1. The van der Waals surface area contributed by atoms with Gasteiger partial charge >= 0.3 is 11.7 Å². The van der Waals surface area contributed by atoms with E-state index in [1.54, 1.807) is 19.4 Å². The number of hydrazone groups is 1. The summed E-state index contributed by atoms with van der Waals surface area (Å²) in [5.74, 6) is 0.130. The van der Waals surface area contributed by atoms with Crippen molar-refractivity contribution in [2.24, 2.45) is 16.9 Å². The third-order valence-electron chi connectivity index (χ3n) is 6.11. The third-order valence-corrected chi connectivity index (χ3v) is 7.13. The van der Waals surface area contributed by atoms with Crippen molar-refractivity contribution in [3.8, 4) is 5.88 Å². The summed E-state index contributed by atoms with van der Waals surface area (Å²) in [6.07, 6.45) is 6.58. The van der Waals surface area contributed by atoms with Crippen LogP contribution in [-0.2, 0) is 20.9 Å². The van der Waals surface area contributed by atoms with E-state index in [1.165, 1.54) is 18.3 Å². The molecular weight excluding hydrogens is 458 g/mol. The number of hydrogen-bond donors (Lipinski definition) is 2. The summed E-state index contributed by atoms with van der Waals surface area (Å²) in [5.41, 5.74) is 2.96.